The standard InChI is InChI=1S/C59H58F6N4O12/c1-7-27-59(68-57(75)81-58(2,3)4,67-56(74)79-34-37-21-15-10-16-22-37)54(72)69(5)44(53(71)76-6)31-40-28-38(23-25-42(40)60)39-24-26-45(77-32-35-17-11-8-12-18-35)41(29-39)30-43(66-55(73)78-33-36-19-13-9-14-20-36)52(70)80-51-49(64)47(62)46(61)48(63)50(51)65/h8-26,28-29,43-44H,7,27,30-34H2,1-6H3,(H,66,73)(H,67,74)(H,68,75)/t43-,44-,59+/m0/s1. The maximum atomic E-state index is 16.2. The number of alkyl carbamates (subject to hydrolysis) is 3. The zero-order valence-corrected chi connectivity index (χ0v) is 44.8. The van der Waals surface area contributed by atoms with Crippen molar-refractivity contribution in [2.45, 2.75) is 96.5 Å². The SMILES string of the molecule is CCC[C@@](NC(=O)OCc1ccccc1)(NC(=O)OC(C)(C)C)C(=O)N(C)[C@@H](Cc1cc(-c2ccc(OCc3ccccc3)c(C[C@H](NC(=O)OCc3ccccc3)C(=O)Oc3c(F)c(F)c(F)c(F)c3F)c2)ccc1F)C(=O)OC. The molecule has 0 aromatic heterocycles. The van der Waals surface area contributed by atoms with Gasteiger partial charge in [0, 0.05) is 19.9 Å². The molecular formula is C59H58F6N4O12. The van der Waals surface area contributed by atoms with Gasteiger partial charge in [-0.15, -0.1) is 0 Å². The number of benzene rings is 6. The molecule has 0 saturated heterocycles. The topological polar surface area (TPSA) is 197 Å². The van der Waals surface area contributed by atoms with E-state index in [1.54, 1.807) is 119 Å². The first-order chi connectivity index (χ1) is 38.5. The van der Waals surface area contributed by atoms with Crippen LogP contribution >= 0.6 is 0 Å². The van der Waals surface area contributed by atoms with E-state index in [2.05, 4.69) is 16.0 Å². The van der Waals surface area contributed by atoms with Crippen LogP contribution in [0.4, 0.5) is 40.7 Å². The van der Waals surface area contributed by atoms with Gasteiger partial charge in [-0.05, 0) is 90.4 Å². The molecule has 0 fully saturated rings. The molecule has 0 spiro atoms. The molecule has 0 aliphatic heterocycles. The summed E-state index contributed by atoms with van der Waals surface area (Å²) in [5.41, 5.74) is -1.20. The molecule has 0 aliphatic rings. The summed E-state index contributed by atoms with van der Waals surface area (Å²) < 4.78 is 121. The second kappa shape index (κ2) is 27.7. The van der Waals surface area contributed by atoms with Crippen LogP contribution < -0.4 is 25.4 Å². The Labute approximate surface area is 462 Å². The highest BCUT2D eigenvalue weighted by atomic mass is 19.2. The summed E-state index contributed by atoms with van der Waals surface area (Å²) in [5, 5.41) is 7.20. The molecule has 4 amide bonds. The predicted molar refractivity (Wildman–Crippen MR) is 281 cm³/mol. The zero-order chi connectivity index (χ0) is 59.0. The minimum Gasteiger partial charge on any atom is -0.489 e. The van der Waals surface area contributed by atoms with E-state index in [0.29, 0.717) is 16.7 Å². The third kappa shape index (κ3) is 16.5. The van der Waals surface area contributed by atoms with E-state index >= 15 is 4.39 Å². The Bertz CT molecular complexity index is 3180. The van der Waals surface area contributed by atoms with E-state index < -0.39 is 113 Å². The van der Waals surface area contributed by atoms with Gasteiger partial charge in [-0.2, -0.15) is 8.78 Å². The highest BCUT2D eigenvalue weighted by Crippen LogP contribution is 2.33. The van der Waals surface area contributed by atoms with Crippen LogP contribution in [0.1, 0.15) is 68.4 Å². The summed E-state index contributed by atoms with van der Waals surface area (Å²) >= 11 is 0. The molecule has 3 atom stereocenters. The normalized spacial score (nSPS) is 12.6. The van der Waals surface area contributed by atoms with Crippen molar-refractivity contribution < 1.29 is 83.5 Å². The molecule has 0 heterocycles. The minimum atomic E-state index is -2.51. The molecule has 6 rings (SSSR count). The van der Waals surface area contributed by atoms with Gasteiger partial charge in [0.15, 0.2) is 5.66 Å². The Balaban J connectivity index is 1.37. The van der Waals surface area contributed by atoms with Gasteiger partial charge in [-0.1, -0.05) is 116 Å². The van der Waals surface area contributed by atoms with Crippen LogP contribution in [0, 0.1) is 34.9 Å². The average Bonchev–Trinajstić information content (AvgIpc) is 3.64. The number of nitrogens with one attached hydrogen (secondary N) is 3. The number of rotatable bonds is 22. The van der Waals surface area contributed by atoms with Gasteiger partial charge in [0.2, 0.25) is 34.8 Å². The average molecular weight is 1130 g/mol. The molecule has 6 aromatic rings. The number of amides is 4. The molecule has 0 aliphatic carbocycles. The van der Waals surface area contributed by atoms with Crippen molar-refractivity contribution in [3.8, 4) is 22.6 Å². The van der Waals surface area contributed by atoms with Gasteiger partial charge in [0.1, 0.15) is 49.1 Å². The van der Waals surface area contributed by atoms with Gasteiger partial charge in [0.05, 0.1) is 7.11 Å². The molecule has 81 heavy (non-hydrogen) atoms. The maximum absolute atomic E-state index is 16.2. The van der Waals surface area contributed by atoms with Gasteiger partial charge in [-0.25, -0.2) is 41.5 Å². The number of halogens is 6. The molecule has 0 saturated carbocycles. The fraction of sp³-hybridized carbons (Fsp3) is 0.288. The number of carbonyl (C=O) groups excluding carboxylic acids is 6. The van der Waals surface area contributed by atoms with Gasteiger partial charge in [-0.3, -0.25) is 15.4 Å². The number of ether oxygens (including phenoxy) is 6. The number of carbonyl (C=O) groups is 6. The van der Waals surface area contributed by atoms with E-state index in [0.717, 1.165) is 18.1 Å². The number of hydrogen-bond donors (Lipinski definition) is 3. The molecule has 16 nitrogen and oxygen atoms in total. The van der Waals surface area contributed by atoms with Crippen LogP contribution in [-0.4, -0.2) is 78.5 Å². The molecule has 22 heteroatoms. The Kier molecular flexibility index (Phi) is 20.9. The molecule has 3 N–H and O–H groups in total. The lowest BCUT2D eigenvalue weighted by Crippen LogP contribution is -2.70. The fourth-order valence-corrected chi connectivity index (χ4v) is 8.19. The van der Waals surface area contributed by atoms with Crippen molar-refractivity contribution >= 4 is 36.1 Å². The van der Waals surface area contributed by atoms with Gasteiger partial charge >= 0.3 is 30.2 Å². The number of methoxy groups -OCH3 is 1. The van der Waals surface area contributed by atoms with E-state index in [4.69, 9.17) is 28.4 Å². The van der Waals surface area contributed by atoms with Gasteiger partial charge < -0.3 is 38.6 Å². The summed E-state index contributed by atoms with van der Waals surface area (Å²) in [6, 6.07) is 30.1. The van der Waals surface area contributed by atoms with E-state index in [1.165, 1.54) is 37.4 Å². The largest absolute Gasteiger partial charge is 0.489 e. The summed E-state index contributed by atoms with van der Waals surface area (Å²) in [6.45, 7) is 5.75. The minimum absolute atomic E-state index is 0.0532. The van der Waals surface area contributed by atoms with E-state index in [-0.39, 0.29) is 60.7 Å². The van der Waals surface area contributed by atoms with Gasteiger partial charge in [0.25, 0.3) is 5.91 Å². The van der Waals surface area contributed by atoms with Crippen molar-refractivity contribution in [1.82, 2.24) is 20.9 Å². The predicted octanol–water partition coefficient (Wildman–Crippen LogP) is 10.7. The third-order valence-electron chi connectivity index (χ3n) is 12.2. The van der Waals surface area contributed by atoms with E-state index in [1.807, 2.05) is 0 Å². The Hall–Kier alpha value is -9.08. The maximum Gasteiger partial charge on any atom is 0.409 e. The van der Waals surface area contributed by atoms with Crippen LogP contribution in [0.3, 0.4) is 0 Å². The van der Waals surface area contributed by atoms with Crippen LogP contribution in [-0.2, 0) is 66.0 Å². The Morgan fingerprint density at radius 2 is 1.07 bits per heavy atom. The second-order valence-corrected chi connectivity index (χ2v) is 19.3. The first-order valence-electron chi connectivity index (χ1n) is 25.2. The zero-order valence-electron chi connectivity index (χ0n) is 44.8. The molecule has 0 unspecified atom stereocenters. The summed E-state index contributed by atoms with van der Waals surface area (Å²) in [5.74, 6) is -18.8. The van der Waals surface area contributed by atoms with Crippen molar-refractivity contribution in [3.63, 3.8) is 0 Å². The number of nitrogens with zero attached hydrogens (tertiary/aromatic N) is 1. The lowest BCUT2D eigenvalue weighted by Gasteiger charge is -2.39. The Morgan fingerprint density at radius 3 is 1.60 bits per heavy atom. The first kappa shape index (κ1) is 61.1. The van der Waals surface area contributed by atoms with Crippen molar-refractivity contribution in [1.29, 1.82) is 0 Å². The monoisotopic (exact) mass is 1130 g/mol. The summed E-state index contributed by atoms with van der Waals surface area (Å²) in [7, 11) is 2.22. The molecular weight excluding hydrogens is 1070 g/mol. The van der Waals surface area contributed by atoms with E-state index in [9.17, 15) is 50.7 Å². The quantitative estimate of drug-likeness (QED) is 0.0111. The molecule has 6 aromatic carbocycles. The van der Waals surface area contributed by atoms with Crippen LogP contribution in [0.2, 0.25) is 0 Å². The number of likely N-dealkylation sites (N-methyl/N-ethyl adjacent to an activating group) is 1. The third-order valence-corrected chi connectivity index (χ3v) is 12.2. The molecule has 0 bridgehead atoms. The molecule has 428 valence electrons. The first-order valence-corrected chi connectivity index (χ1v) is 25.2. The van der Waals surface area contributed by atoms with Crippen molar-refractivity contribution in [3.05, 3.63) is 190 Å². The van der Waals surface area contributed by atoms with Crippen LogP contribution in [0.5, 0.6) is 11.5 Å². The number of hydrogen-bond acceptors (Lipinski definition) is 12. The highest BCUT2D eigenvalue weighted by Gasteiger charge is 2.47. The lowest BCUT2D eigenvalue weighted by atomic mass is 9.94. The fourth-order valence-electron chi connectivity index (χ4n) is 8.19. The second-order valence-electron chi connectivity index (χ2n) is 19.3. The smallest absolute Gasteiger partial charge is 0.409 e. The summed E-state index contributed by atoms with van der Waals surface area (Å²) in [6.07, 6.45) is -4.85. The lowest BCUT2D eigenvalue weighted by molar-refractivity contribution is -0.154. The Morgan fingerprint density at radius 1 is 0.580 bits per heavy atom. The highest BCUT2D eigenvalue weighted by molar-refractivity contribution is 5.95. The number of esters is 2. The molecule has 0 radical (unpaired) electrons. The van der Waals surface area contributed by atoms with Crippen LogP contribution in [0.25, 0.3) is 11.1 Å². The van der Waals surface area contributed by atoms with Crippen molar-refractivity contribution in [2.24, 2.45) is 0 Å². The van der Waals surface area contributed by atoms with Crippen molar-refractivity contribution in [2.75, 3.05) is 14.2 Å². The summed E-state index contributed by atoms with van der Waals surface area (Å²) in [4.78, 5) is 83.7. The van der Waals surface area contributed by atoms with Crippen LogP contribution in [0.15, 0.2) is 127 Å².